The fourth-order valence-electron chi connectivity index (χ4n) is 1.78. The van der Waals surface area contributed by atoms with E-state index in [2.05, 4.69) is 15.2 Å². The van der Waals surface area contributed by atoms with Crippen LogP contribution in [0.15, 0.2) is 6.33 Å². The van der Waals surface area contributed by atoms with E-state index in [1.807, 2.05) is 0 Å². The summed E-state index contributed by atoms with van der Waals surface area (Å²) in [5.74, 6) is 0.564. The average Bonchev–Trinajstić information content (AvgIpc) is 2.72. The van der Waals surface area contributed by atoms with Gasteiger partial charge in [0.2, 0.25) is 11.8 Å². The van der Waals surface area contributed by atoms with Crippen molar-refractivity contribution in [1.82, 2.24) is 20.1 Å². The second-order valence-electron chi connectivity index (χ2n) is 3.83. The molecule has 1 N–H and O–H groups in total. The molecule has 16 heavy (non-hydrogen) atoms. The van der Waals surface area contributed by atoms with Crippen molar-refractivity contribution in [2.24, 2.45) is 0 Å². The molecule has 0 atom stereocenters. The third-order valence-electron chi connectivity index (χ3n) is 2.67. The Morgan fingerprint density at radius 3 is 2.50 bits per heavy atom. The van der Waals surface area contributed by atoms with Crippen LogP contribution in [0.25, 0.3) is 0 Å². The maximum Gasteiger partial charge on any atom is 0.229 e. The number of carbonyl (C=O) groups excluding carboxylic acids is 2. The lowest BCUT2D eigenvalue weighted by molar-refractivity contribution is -0.143. The fourth-order valence-corrected chi connectivity index (χ4v) is 1.78. The van der Waals surface area contributed by atoms with Gasteiger partial charge in [-0.2, -0.15) is 5.10 Å². The molecule has 0 bridgehead atoms. The highest BCUT2D eigenvalue weighted by atomic mass is 16.2. The van der Waals surface area contributed by atoms with Crippen LogP contribution in [0, 0.1) is 0 Å². The minimum Gasteiger partial charge on any atom is -0.282 e. The summed E-state index contributed by atoms with van der Waals surface area (Å²) in [6.07, 6.45) is 4.52. The van der Waals surface area contributed by atoms with Gasteiger partial charge in [0.15, 0.2) is 0 Å². The molecule has 1 fully saturated rings. The molecular weight excluding hydrogens is 208 g/mol. The van der Waals surface area contributed by atoms with E-state index < -0.39 is 0 Å². The number of carbonyl (C=O) groups is 2. The predicted octanol–water partition coefficient (Wildman–Crippen LogP) is 0.276. The number of imide groups is 1. The number of hydrogen-bond donors (Lipinski definition) is 1. The Bertz CT molecular complexity index is 356. The van der Waals surface area contributed by atoms with Crippen LogP contribution in [-0.4, -0.2) is 38.4 Å². The highest BCUT2D eigenvalue weighted by molar-refractivity contribution is 5.95. The fraction of sp³-hybridized carbons (Fsp3) is 0.600. The molecule has 6 heteroatoms. The van der Waals surface area contributed by atoms with Gasteiger partial charge < -0.3 is 0 Å². The number of rotatable bonds is 3. The Morgan fingerprint density at radius 2 is 1.94 bits per heavy atom. The lowest BCUT2D eigenvalue weighted by Crippen LogP contribution is -2.36. The SMILES string of the molecule is O=C1CCCCC(=O)N1CCc1ncn[nH]1. The number of aromatic nitrogens is 3. The summed E-state index contributed by atoms with van der Waals surface area (Å²) >= 11 is 0. The van der Waals surface area contributed by atoms with E-state index in [1.54, 1.807) is 0 Å². The zero-order valence-corrected chi connectivity index (χ0v) is 8.98. The zero-order valence-electron chi connectivity index (χ0n) is 8.98. The lowest BCUT2D eigenvalue weighted by Gasteiger charge is -2.17. The molecule has 0 aliphatic carbocycles. The minimum atomic E-state index is -0.0676. The number of amides is 2. The molecule has 2 rings (SSSR count). The quantitative estimate of drug-likeness (QED) is 0.745. The Morgan fingerprint density at radius 1 is 1.25 bits per heavy atom. The van der Waals surface area contributed by atoms with Crippen LogP contribution < -0.4 is 0 Å². The largest absolute Gasteiger partial charge is 0.282 e. The molecule has 1 aliphatic heterocycles. The Labute approximate surface area is 93.0 Å². The summed E-state index contributed by atoms with van der Waals surface area (Å²) in [7, 11) is 0. The number of nitrogens with one attached hydrogen (secondary N) is 1. The molecule has 0 saturated carbocycles. The first-order valence-electron chi connectivity index (χ1n) is 5.45. The molecule has 0 aromatic carbocycles. The second kappa shape index (κ2) is 4.87. The zero-order chi connectivity index (χ0) is 11.4. The molecule has 0 radical (unpaired) electrons. The molecule has 2 amide bonds. The van der Waals surface area contributed by atoms with E-state index in [9.17, 15) is 9.59 Å². The van der Waals surface area contributed by atoms with Gasteiger partial charge in [-0.15, -0.1) is 0 Å². The summed E-state index contributed by atoms with van der Waals surface area (Å²) in [6, 6.07) is 0. The maximum absolute atomic E-state index is 11.6. The van der Waals surface area contributed by atoms with Crippen molar-refractivity contribution in [2.75, 3.05) is 6.54 Å². The number of hydrogen-bond acceptors (Lipinski definition) is 4. The van der Waals surface area contributed by atoms with E-state index in [-0.39, 0.29) is 11.8 Å². The van der Waals surface area contributed by atoms with Crippen molar-refractivity contribution in [3.05, 3.63) is 12.2 Å². The number of H-pyrrole nitrogens is 1. The van der Waals surface area contributed by atoms with Crippen molar-refractivity contribution in [3.8, 4) is 0 Å². The highest BCUT2D eigenvalue weighted by Gasteiger charge is 2.23. The van der Waals surface area contributed by atoms with Gasteiger partial charge in [0.1, 0.15) is 12.2 Å². The molecule has 1 aromatic rings. The first-order valence-corrected chi connectivity index (χ1v) is 5.45. The van der Waals surface area contributed by atoms with Gasteiger partial charge in [-0.05, 0) is 12.8 Å². The van der Waals surface area contributed by atoms with E-state index in [0.29, 0.717) is 31.6 Å². The molecule has 2 heterocycles. The Hall–Kier alpha value is -1.72. The van der Waals surface area contributed by atoms with E-state index in [4.69, 9.17) is 0 Å². The summed E-state index contributed by atoms with van der Waals surface area (Å²) < 4.78 is 0. The van der Waals surface area contributed by atoms with E-state index in [1.165, 1.54) is 11.2 Å². The third kappa shape index (κ3) is 2.44. The topological polar surface area (TPSA) is 79.0 Å². The number of likely N-dealkylation sites (tertiary alicyclic amines) is 1. The third-order valence-corrected chi connectivity index (χ3v) is 2.67. The number of nitrogens with zero attached hydrogens (tertiary/aromatic N) is 3. The Balaban J connectivity index is 1.95. The summed E-state index contributed by atoms with van der Waals surface area (Å²) in [5, 5.41) is 6.43. The van der Waals surface area contributed by atoms with Crippen molar-refractivity contribution in [3.63, 3.8) is 0 Å². The van der Waals surface area contributed by atoms with Crippen molar-refractivity contribution in [2.45, 2.75) is 32.1 Å². The smallest absolute Gasteiger partial charge is 0.229 e. The van der Waals surface area contributed by atoms with Crippen LogP contribution in [0.2, 0.25) is 0 Å². The normalized spacial score (nSPS) is 17.6. The molecule has 86 valence electrons. The second-order valence-corrected chi connectivity index (χ2v) is 3.83. The van der Waals surface area contributed by atoms with E-state index in [0.717, 1.165) is 12.8 Å². The van der Waals surface area contributed by atoms with Gasteiger partial charge in [0, 0.05) is 25.8 Å². The summed E-state index contributed by atoms with van der Waals surface area (Å²) in [4.78, 5) is 28.6. The van der Waals surface area contributed by atoms with Gasteiger partial charge in [0.05, 0.1) is 0 Å². The van der Waals surface area contributed by atoms with Gasteiger partial charge in [-0.1, -0.05) is 0 Å². The van der Waals surface area contributed by atoms with Crippen LogP contribution in [0.5, 0.6) is 0 Å². The van der Waals surface area contributed by atoms with Gasteiger partial charge >= 0.3 is 0 Å². The first kappa shape index (κ1) is 10.8. The number of aromatic amines is 1. The van der Waals surface area contributed by atoms with E-state index >= 15 is 0 Å². The molecule has 1 aromatic heterocycles. The molecular formula is C10H14N4O2. The van der Waals surface area contributed by atoms with Crippen LogP contribution in [0.4, 0.5) is 0 Å². The predicted molar refractivity (Wildman–Crippen MR) is 55.3 cm³/mol. The monoisotopic (exact) mass is 222 g/mol. The first-order chi connectivity index (χ1) is 7.77. The molecule has 1 aliphatic rings. The maximum atomic E-state index is 11.6. The van der Waals surface area contributed by atoms with Crippen LogP contribution >= 0.6 is 0 Å². The Kier molecular flexibility index (Phi) is 3.28. The highest BCUT2D eigenvalue weighted by Crippen LogP contribution is 2.12. The molecule has 1 saturated heterocycles. The molecule has 0 unspecified atom stereocenters. The van der Waals surface area contributed by atoms with Gasteiger partial charge in [-0.3, -0.25) is 19.6 Å². The molecule has 6 nitrogen and oxygen atoms in total. The van der Waals surface area contributed by atoms with Crippen LogP contribution in [0.1, 0.15) is 31.5 Å². The lowest BCUT2D eigenvalue weighted by atomic mass is 10.2. The standard InChI is InChI=1S/C10H14N4O2/c15-9-3-1-2-4-10(16)14(9)6-5-8-11-7-12-13-8/h7H,1-6H2,(H,11,12,13). The van der Waals surface area contributed by atoms with Crippen molar-refractivity contribution >= 4 is 11.8 Å². The van der Waals surface area contributed by atoms with Crippen molar-refractivity contribution < 1.29 is 9.59 Å². The summed E-state index contributed by atoms with van der Waals surface area (Å²) in [5.41, 5.74) is 0. The van der Waals surface area contributed by atoms with Gasteiger partial charge in [0.25, 0.3) is 0 Å². The molecule has 0 spiro atoms. The van der Waals surface area contributed by atoms with Crippen LogP contribution in [0.3, 0.4) is 0 Å². The average molecular weight is 222 g/mol. The van der Waals surface area contributed by atoms with Gasteiger partial charge in [-0.25, -0.2) is 4.98 Å². The minimum absolute atomic E-state index is 0.0676. The van der Waals surface area contributed by atoms with Crippen molar-refractivity contribution in [1.29, 1.82) is 0 Å². The van der Waals surface area contributed by atoms with Crippen LogP contribution in [-0.2, 0) is 16.0 Å². The summed E-state index contributed by atoms with van der Waals surface area (Å²) in [6.45, 7) is 0.396.